The molecule has 4 nitrogen and oxygen atoms in total. The molecule has 1 unspecified atom stereocenters. The Kier molecular flexibility index (Phi) is 5.40. The van der Waals surface area contributed by atoms with E-state index in [1.54, 1.807) is 7.11 Å². The largest absolute Gasteiger partial charge is 0.448 e. The van der Waals surface area contributed by atoms with Crippen LogP contribution in [-0.2, 0) is 9.47 Å². The third-order valence-electron chi connectivity index (χ3n) is 5.09. The molecule has 0 saturated heterocycles. The summed E-state index contributed by atoms with van der Waals surface area (Å²) in [5.74, 6) is 0.0364. The second-order valence-electron chi connectivity index (χ2n) is 6.81. The summed E-state index contributed by atoms with van der Waals surface area (Å²) in [6, 6.07) is 17.8. The van der Waals surface area contributed by atoms with Crippen molar-refractivity contribution in [2.24, 2.45) is 0 Å². The van der Waals surface area contributed by atoms with E-state index < -0.39 is 6.09 Å². The molecule has 2 aliphatic carbocycles. The molecule has 0 aliphatic heterocycles. The van der Waals surface area contributed by atoms with Crippen LogP contribution in [0.2, 0.25) is 0 Å². The first-order chi connectivity index (χ1) is 13.8. The van der Waals surface area contributed by atoms with Crippen molar-refractivity contribution >= 4 is 17.4 Å². The zero-order chi connectivity index (χ0) is 19.3. The highest BCUT2D eigenvalue weighted by Crippen LogP contribution is 2.44. The molecule has 1 atom stereocenters. The number of nitrogens with zero attached hydrogens (tertiary/aromatic N) is 1. The summed E-state index contributed by atoms with van der Waals surface area (Å²) in [5.41, 5.74) is 5.61. The van der Waals surface area contributed by atoms with Crippen molar-refractivity contribution in [2.45, 2.75) is 12.3 Å². The van der Waals surface area contributed by atoms with E-state index in [1.807, 2.05) is 36.4 Å². The van der Waals surface area contributed by atoms with Crippen LogP contribution in [-0.4, -0.2) is 26.5 Å². The number of benzene rings is 2. The van der Waals surface area contributed by atoms with Gasteiger partial charge in [0.05, 0.1) is 0 Å². The summed E-state index contributed by atoms with van der Waals surface area (Å²) < 4.78 is 11.0. The van der Waals surface area contributed by atoms with Gasteiger partial charge < -0.3 is 9.47 Å². The van der Waals surface area contributed by atoms with Crippen molar-refractivity contribution in [1.29, 1.82) is 0 Å². The molecule has 0 bridgehead atoms. The molecule has 0 heterocycles. The average Bonchev–Trinajstić information content (AvgIpc) is 2.87. The smallest absolute Gasteiger partial charge is 0.416 e. The highest BCUT2D eigenvalue weighted by Gasteiger charge is 2.30. The van der Waals surface area contributed by atoms with E-state index in [0.29, 0.717) is 6.61 Å². The Morgan fingerprint density at radius 1 is 1.04 bits per heavy atom. The lowest BCUT2D eigenvalue weighted by Crippen LogP contribution is -2.34. The molecule has 4 heteroatoms. The number of rotatable bonds is 5. The van der Waals surface area contributed by atoms with E-state index in [4.69, 9.17) is 9.47 Å². The summed E-state index contributed by atoms with van der Waals surface area (Å²) in [6.07, 6.45) is 9.17. The molecule has 4 rings (SSSR count). The lowest BCUT2D eigenvalue weighted by atomic mass is 9.96. The molecule has 2 aliphatic rings. The Balaban J connectivity index is 1.56. The minimum absolute atomic E-state index is 0.0364. The predicted molar refractivity (Wildman–Crippen MR) is 111 cm³/mol. The zero-order valence-corrected chi connectivity index (χ0v) is 15.9. The predicted octanol–water partition coefficient (Wildman–Crippen LogP) is 5.30. The quantitative estimate of drug-likeness (QED) is 0.668. The Bertz CT molecular complexity index is 943. The van der Waals surface area contributed by atoms with Crippen molar-refractivity contribution in [2.75, 3.05) is 25.3 Å². The molecule has 0 N–H and O–H groups in total. The number of hydrogen-bond donors (Lipinski definition) is 0. The lowest BCUT2D eigenvalue weighted by Gasteiger charge is -2.23. The minimum Gasteiger partial charge on any atom is -0.448 e. The number of carbonyl (C=O) groups is 1. The summed E-state index contributed by atoms with van der Waals surface area (Å²) in [5, 5.41) is 0. The number of anilines is 1. The highest BCUT2D eigenvalue weighted by molar-refractivity contribution is 5.88. The van der Waals surface area contributed by atoms with Crippen molar-refractivity contribution in [3.63, 3.8) is 0 Å². The second kappa shape index (κ2) is 8.28. The monoisotopic (exact) mass is 373 g/mol. The van der Waals surface area contributed by atoms with Gasteiger partial charge in [0.1, 0.15) is 13.3 Å². The van der Waals surface area contributed by atoms with Gasteiger partial charge in [0.2, 0.25) is 0 Å². The SMILES string of the molecule is COCN(C(=O)OCC1C2=C(C=CCC=C2)c2ccccc21)c1ccccc1. The van der Waals surface area contributed by atoms with Crippen molar-refractivity contribution in [3.8, 4) is 0 Å². The molecule has 0 fully saturated rings. The zero-order valence-electron chi connectivity index (χ0n) is 15.9. The van der Waals surface area contributed by atoms with Gasteiger partial charge in [0.25, 0.3) is 0 Å². The number of fused-ring (bicyclic) bond motifs is 2. The maximum absolute atomic E-state index is 12.8. The van der Waals surface area contributed by atoms with Crippen LogP contribution in [0.15, 0.2) is 84.5 Å². The maximum atomic E-state index is 12.8. The summed E-state index contributed by atoms with van der Waals surface area (Å²) in [7, 11) is 1.57. The fourth-order valence-electron chi connectivity index (χ4n) is 3.79. The fourth-order valence-corrected chi connectivity index (χ4v) is 3.79. The first-order valence-electron chi connectivity index (χ1n) is 9.44. The average molecular weight is 373 g/mol. The number of carbonyl (C=O) groups excluding carboxylic acids is 1. The summed E-state index contributed by atoms with van der Waals surface area (Å²) >= 11 is 0. The van der Waals surface area contributed by atoms with Crippen LogP contribution in [0, 0.1) is 0 Å². The normalized spacial score (nSPS) is 17.1. The Hall–Kier alpha value is -3.11. The van der Waals surface area contributed by atoms with Gasteiger partial charge in [-0.05, 0) is 40.8 Å². The van der Waals surface area contributed by atoms with Crippen LogP contribution in [0.25, 0.3) is 5.57 Å². The topological polar surface area (TPSA) is 38.8 Å². The van der Waals surface area contributed by atoms with Gasteiger partial charge in [-0.2, -0.15) is 0 Å². The first-order valence-corrected chi connectivity index (χ1v) is 9.44. The van der Waals surface area contributed by atoms with E-state index in [0.717, 1.165) is 12.1 Å². The number of amides is 1. The standard InChI is InChI=1S/C24H23NO3/c1-27-17-25(18-10-4-2-5-11-18)24(26)28-16-23-21-13-7-3-6-12-19(21)20-14-8-9-15-22(20)23/h2,4-15,23H,3,16-17H2,1H3. The highest BCUT2D eigenvalue weighted by atomic mass is 16.6. The molecule has 1 amide bonds. The van der Waals surface area contributed by atoms with E-state index in [9.17, 15) is 4.79 Å². The van der Waals surface area contributed by atoms with Crippen LogP contribution in [0.5, 0.6) is 0 Å². The fraction of sp³-hybridized carbons (Fsp3) is 0.208. The van der Waals surface area contributed by atoms with Crippen molar-refractivity contribution < 1.29 is 14.3 Å². The maximum Gasteiger partial charge on any atom is 0.416 e. The van der Waals surface area contributed by atoms with Crippen LogP contribution in [0.4, 0.5) is 10.5 Å². The number of allylic oxidation sites excluding steroid dienone is 5. The van der Waals surface area contributed by atoms with Crippen LogP contribution >= 0.6 is 0 Å². The van der Waals surface area contributed by atoms with Crippen LogP contribution in [0.1, 0.15) is 23.5 Å². The molecule has 0 radical (unpaired) electrons. The van der Waals surface area contributed by atoms with E-state index in [2.05, 4.69) is 42.5 Å². The van der Waals surface area contributed by atoms with Gasteiger partial charge >= 0.3 is 6.09 Å². The van der Waals surface area contributed by atoms with E-state index >= 15 is 0 Å². The molecule has 28 heavy (non-hydrogen) atoms. The molecule has 2 aromatic carbocycles. The number of ether oxygens (including phenoxy) is 2. The first kappa shape index (κ1) is 18.3. The Morgan fingerprint density at radius 2 is 1.79 bits per heavy atom. The molecule has 2 aromatic rings. The van der Waals surface area contributed by atoms with Crippen LogP contribution < -0.4 is 4.90 Å². The third kappa shape index (κ3) is 3.51. The molecule has 0 aromatic heterocycles. The van der Waals surface area contributed by atoms with Crippen molar-refractivity contribution in [3.05, 3.63) is 95.6 Å². The lowest BCUT2D eigenvalue weighted by molar-refractivity contribution is 0.133. The molecular weight excluding hydrogens is 350 g/mol. The molecule has 0 saturated carbocycles. The van der Waals surface area contributed by atoms with E-state index in [-0.39, 0.29) is 12.6 Å². The number of methoxy groups -OCH3 is 1. The van der Waals surface area contributed by atoms with Gasteiger partial charge in [-0.3, -0.25) is 4.90 Å². The van der Waals surface area contributed by atoms with Gasteiger partial charge in [-0.15, -0.1) is 0 Å². The number of hydrogen-bond acceptors (Lipinski definition) is 3. The van der Waals surface area contributed by atoms with Gasteiger partial charge in [-0.1, -0.05) is 66.8 Å². The number of para-hydroxylation sites is 1. The van der Waals surface area contributed by atoms with Crippen molar-refractivity contribution in [1.82, 2.24) is 0 Å². The molecular formula is C24H23NO3. The van der Waals surface area contributed by atoms with E-state index in [1.165, 1.54) is 27.2 Å². The second-order valence-corrected chi connectivity index (χ2v) is 6.81. The van der Waals surface area contributed by atoms with Crippen LogP contribution in [0.3, 0.4) is 0 Å². The summed E-state index contributed by atoms with van der Waals surface area (Å²) in [4.78, 5) is 14.3. The summed E-state index contributed by atoms with van der Waals surface area (Å²) in [6.45, 7) is 0.431. The Labute approximate surface area is 165 Å². The minimum atomic E-state index is -0.410. The molecule has 0 spiro atoms. The van der Waals surface area contributed by atoms with Gasteiger partial charge in [0.15, 0.2) is 0 Å². The third-order valence-corrected chi connectivity index (χ3v) is 5.09. The van der Waals surface area contributed by atoms with Gasteiger partial charge in [0, 0.05) is 18.7 Å². The Morgan fingerprint density at radius 3 is 2.61 bits per heavy atom. The molecule has 142 valence electrons. The van der Waals surface area contributed by atoms with Gasteiger partial charge in [-0.25, -0.2) is 4.79 Å².